The van der Waals surface area contributed by atoms with Crippen molar-refractivity contribution in [2.45, 2.75) is 5.16 Å². The Labute approximate surface area is 126 Å². The van der Waals surface area contributed by atoms with E-state index in [4.69, 9.17) is 10.5 Å². The molecule has 6 nitrogen and oxygen atoms in total. The van der Waals surface area contributed by atoms with Gasteiger partial charge in [0.15, 0.2) is 5.16 Å². The highest BCUT2D eigenvalue weighted by Gasteiger charge is 2.04. The van der Waals surface area contributed by atoms with Gasteiger partial charge < -0.3 is 10.5 Å². The minimum atomic E-state index is -0.218. The maximum Gasteiger partial charge on any atom is 0.343 e. The van der Waals surface area contributed by atoms with Crippen molar-refractivity contribution in [1.29, 1.82) is 0 Å². The van der Waals surface area contributed by atoms with E-state index in [2.05, 4.69) is 22.0 Å². The van der Waals surface area contributed by atoms with Crippen molar-refractivity contribution in [3.05, 3.63) is 40.3 Å². The number of nitrogens with two attached hydrogens (primary N) is 1. The third kappa shape index (κ3) is 4.41. The number of hydrogen-bond acceptors (Lipinski definition) is 5. The largest absolute Gasteiger partial charge is 0.493 e. The fourth-order valence-electron chi connectivity index (χ4n) is 1.57. The Morgan fingerprint density at radius 2 is 2.38 bits per heavy atom. The van der Waals surface area contributed by atoms with Crippen LogP contribution < -0.4 is 16.2 Å². The monoisotopic (exact) mass is 304 g/mol. The molecule has 0 radical (unpaired) electrons. The van der Waals surface area contributed by atoms with Crippen LogP contribution in [0.2, 0.25) is 0 Å². The van der Waals surface area contributed by atoms with Crippen LogP contribution in [-0.2, 0) is 7.05 Å². The Morgan fingerprint density at radius 1 is 1.52 bits per heavy atom. The quantitative estimate of drug-likeness (QED) is 0.480. The van der Waals surface area contributed by atoms with Gasteiger partial charge in [-0.05, 0) is 18.2 Å². The van der Waals surface area contributed by atoms with Crippen LogP contribution in [0.1, 0.15) is 5.56 Å². The first-order chi connectivity index (χ1) is 10.2. The lowest BCUT2D eigenvalue weighted by Gasteiger charge is -2.05. The van der Waals surface area contributed by atoms with Crippen LogP contribution in [0.25, 0.3) is 0 Å². The average Bonchev–Trinajstić information content (AvgIpc) is 2.82. The summed E-state index contributed by atoms with van der Waals surface area (Å²) in [6, 6.07) is 7.55. The molecule has 1 aromatic carbocycles. The van der Waals surface area contributed by atoms with E-state index in [0.717, 1.165) is 11.3 Å². The van der Waals surface area contributed by atoms with E-state index < -0.39 is 0 Å². The van der Waals surface area contributed by atoms with Crippen LogP contribution in [0.3, 0.4) is 0 Å². The topological polar surface area (TPSA) is 85.9 Å². The lowest BCUT2D eigenvalue weighted by molar-refractivity contribution is 0.343. The van der Waals surface area contributed by atoms with Gasteiger partial charge in [0.25, 0.3) is 0 Å². The molecule has 0 amide bonds. The molecule has 0 bridgehead atoms. The number of nitrogens with one attached hydrogen (secondary N) is 1. The SMILES string of the molecule is Cn1c(SCCOc2cccc(C#CCN)c2)n[nH]c1=O. The van der Waals surface area contributed by atoms with Crippen molar-refractivity contribution in [2.75, 3.05) is 18.9 Å². The average molecular weight is 304 g/mol. The molecule has 2 aromatic rings. The number of benzene rings is 1. The first kappa shape index (κ1) is 15.2. The standard InChI is InChI=1S/C14H16N4O2S/c1-18-13(19)16-17-14(18)21-9-8-20-12-6-2-4-11(10-12)5-3-7-15/h2,4,6,10H,7-9,15H2,1H3,(H,16,19). The lowest BCUT2D eigenvalue weighted by atomic mass is 10.2. The van der Waals surface area contributed by atoms with Gasteiger partial charge >= 0.3 is 5.69 Å². The molecule has 0 saturated heterocycles. The summed E-state index contributed by atoms with van der Waals surface area (Å²) in [4.78, 5) is 11.2. The van der Waals surface area contributed by atoms with Crippen LogP contribution in [0.15, 0.2) is 34.2 Å². The highest BCUT2D eigenvalue weighted by molar-refractivity contribution is 7.99. The molecule has 7 heteroatoms. The Morgan fingerprint density at radius 3 is 3.10 bits per heavy atom. The van der Waals surface area contributed by atoms with E-state index in [-0.39, 0.29) is 5.69 Å². The predicted octanol–water partition coefficient (Wildman–Crippen LogP) is 0.590. The molecule has 1 heterocycles. The number of thioether (sulfide) groups is 1. The van der Waals surface area contributed by atoms with Crippen molar-refractivity contribution >= 4 is 11.8 Å². The van der Waals surface area contributed by atoms with E-state index in [1.165, 1.54) is 16.3 Å². The summed E-state index contributed by atoms with van der Waals surface area (Å²) in [6.45, 7) is 0.851. The van der Waals surface area contributed by atoms with E-state index in [9.17, 15) is 4.79 Å². The first-order valence-electron chi connectivity index (χ1n) is 6.36. The lowest BCUT2D eigenvalue weighted by Crippen LogP contribution is -2.13. The molecular formula is C14H16N4O2S. The number of aromatic nitrogens is 3. The van der Waals surface area contributed by atoms with Gasteiger partial charge in [0.1, 0.15) is 5.75 Å². The number of H-pyrrole nitrogens is 1. The predicted molar refractivity (Wildman–Crippen MR) is 82.4 cm³/mol. The number of aromatic amines is 1. The van der Waals surface area contributed by atoms with Crippen molar-refractivity contribution in [2.24, 2.45) is 12.8 Å². The zero-order valence-electron chi connectivity index (χ0n) is 11.6. The van der Waals surface area contributed by atoms with Gasteiger partial charge in [0.05, 0.1) is 13.2 Å². The summed E-state index contributed by atoms with van der Waals surface area (Å²) in [7, 11) is 1.68. The zero-order chi connectivity index (χ0) is 15.1. The Hall–Kier alpha value is -2.17. The van der Waals surface area contributed by atoms with E-state index in [1.54, 1.807) is 7.05 Å². The fourth-order valence-corrected chi connectivity index (χ4v) is 2.31. The van der Waals surface area contributed by atoms with Gasteiger partial charge in [-0.15, -0.1) is 5.10 Å². The number of nitrogens with zero attached hydrogens (tertiary/aromatic N) is 2. The molecule has 0 aliphatic rings. The van der Waals surface area contributed by atoms with Crippen molar-refractivity contribution in [1.82, 2.24) is 14.8 Å². The zero-order valence-corrected chi connectivity index (χ0v) is 12.4. The molecule has 2 rings (SSSR count). The van der Waals surface area contributed by atoms with Crippen molar-refractivity contribution in [3.8, 4) is 17.6 Å². The van der Waals surface area contributed by atoms with Crippen LogP contribution >= 0.6 is 11.8 Å². The summed E-state index contributed by atoms with van der Waals surface area (Å²) in [6.07, 6.45) is 0. The summed E-state index contributed by atoms with van der Waals surface area (Å²) in [5.41, 5.74) is 6.00. The third-order valence-corrected chi connectivity index (χ3v) is 3.58. The van der Waals surface area contributed by atoms with Crippen LogP contribution in [-0.4, -0.2) is 33.7 Å². The maximum absolute atomic E-state index is 11.2. The molecule has 0 saturated carbocycles. The molecule has 0 atom stereocenters. The highest BCUT2D eigenvalue weighted by atomic mass is 32.2. The summed E-state index contributed by atoms with van der Waals surface area (Å²) in [5, 5.41) is 6.95. The van der Waals surface area contributed by atoms with Gasteiger partial charge in [-0.1, -0.05) is 29.7 Å². The number of ether oxygens (including phenoxy) is 1. The molecular weight excluding hydrogens is 288 g/mol. The second-order valence-electron chi connectivity index (χ2n) is 4.10. The smallest absolute Gasteiger partial charge is 0.343 e. The molecule has 0 spiro atoms. The molecule has 3 N–H and O–H groups in total. The minimum absolute atomic E-state index is 0.218. The van der Waals surface area contributed by atoms with Crippen LogP contribution in [0.4, 0.5) is 0 Å². The first-order valence-corrected chi connectivity index (χ1v) is 7.35. The molecule has 0 unspecified atom stereocenters. The Balaban J connectivity index is 1.83. The second kappa shape index (κ2) is 7.57. The van der Waals surface area contributed by atoms with Crippen molar-refractivity contribution < 1.29 is 4.74 Å². The van der Waals surface area contributed by atoms with Gasteiger partial charge in [0.2, 0.25) is 0 Å². The number of hydrogen-bond donors (Lipinski definition) is 2. The number of rotatable bonds is 5. The van der Waals surface area contributed by atoms with Crippen molar-refractivity contribution in [3.63, 3.8) is 0 Å². The second-order valence-corrected chi connectivity index (χ2v) is 5.16. The molecule has 0 aliphatic heterocycles. The molecule has 110 valence electrons. The van der Waals surface area contributed by atoms with E-state index in [1.807, 2.05) is 24.3 Å². The van der Waals surface area contributed by atoms with E-state index in [0.29, 0.717) is 24.1 Å². The summed E-state index contributed by atoms with van der Waals surface area (Å²) in [5.74, 6) is 7.21. The third-order valence-electron chi connectivity index (χ3n) is 2.59. The molecule has 0 aliphatic carbocycles. The summed E-state index contributed by atoms with van der Waals surface area (Å²) < 4.78 is 7.12. The fraction of sp³-hybridized carbons (Fsp3) is 0.286. The van der Waals surface area contributed by atoms with Crippen LogP contribution in [0, 0.1) is 11.8 Å². The Bertz CT molecular complexity index is 711. The summed E-state index contributed by atoms with van der Waals surface area (Å²) >= 11 is 1.46. The molecule has 0 fully saturated rings. The molecule has 1 aromatic heterocycles. The normalized spacial score (nSPS) is 10.0. The minimum Gasteiger partial charge on any atom is -0.493 e. The highest BCUT2D eigenvalue weighted by Crippen LogP contribution is 2.15. The van der Waals surface area contributed by atoms with Gasteiger partial charge in [-0.3, -0.25) is 4.57 Å². The van der Waals surface area contributed by atoms with E-state index >= 15 is 0 Å². The van der Waals surface area contributed by atoms with Crippen LogP contribution in [0.5, 0.6) is 5.75 Å². The van der Waals surface area contributed by atoms with Gasteiger partial charge in [0, 0.05) is 18.4 Å². The molecule has 21 heavy (non-hydrogen) atoms. The Kier molecular flexibility index (Phi) is 5.49. The van der Waals surface area contributed by atoms with Gasteiger partial charge in [-0.25, -0.2) is 9.89 Å². The maximum atomic E-state index is 11.2. The van der Waals surface area contributed by atoms with Gasteiger partial charge in [-0.2, -0.15) is 0 Å².